The predicted molar refractivity (Wildman–Crippen MR) is 77.5 cm³/mol. The number of para-hydroxylation sites is 2. The molecule has 2 rings (SSSR count). The van der Waals surface area contributed by atoms with E-state index in [1.807, 2.05) is 32.0 Å². The summed E-state index contributed by atoms with van der Waals surface area (Å²) in [7, 11) is 1.59. The van der Waals surface area contributed by atoms with Gasteiger partial charge in [0.15, 0.2) is 11.5 Å². The highest BCUT2D eigenvalue weighted by Crippen LogP contribution is 2.32. The Morgan fingerprint density at radius 3 is 2.40 bits per heavy atom. The van der Waals surface area contributed by atoms with Gasteiger partial charge >= 0.3 is 0 Å². The van der Waals surface area contributed by atoms with Crippen molar-refractivity contribution in [3.8, 4) is 23.3 Å². The number of anilines is 1. The van der Waals surface area contributed by atoms with Crippen LogP contribution in [0.1, 0.15) is 13.8 Å². The Kier molecular flexibility index (Phi) is 4.30. The minimum Gasteiger partial charge on any atom is -0.493 e. The summed E-state index contributed by atoms with van der Waals surface area (Å²) in [6.07, 6.45) is -0.00805. The van der Waals surface area contributed by atoms with Crippen LogP contribution in [0, 0.1) is 0 Å². The summed E-state index contributed by atoms with van der Waals surface area (Å²) >= 11 is 0. The van der Waals surface area contributed by atoms with Gasteiger partial charge in [0.1, 0.15) is 0 Å². The zero-order valence-electron chi connectivity index (χ0n) is 11.8. The van der Waals surface area contributed by atoms with Crippen molar-refractivity contribution < 1.29 is 14.2 Å². The molecule has 2 aromatic rings. The third-order valence-corrected chi connectivity index (χ3v) is 2.50. The van der Waals surface area contributed by atoms with Crippen molar-refractivity contribution in [2.75, 3.05) is 12.8 Å². The van der Waals surface area contributed by atoms with Gasteiger partial charge in [0.2, 0.25) is 11.8 Å². The average molecular weight is 274 g/mol. The summed E-state index contributed by atoms with van der Waals surface area (Å²) in [5, 5.41) is 0. The molecule has 0 amide bonds. The third kappa shape index (κ3) is 3.32. The Hall–Kier alpha value is -2.43. The lowest BCUT2D eigenvalue weighted by Crippen LogP contribution is -2.09. The SMILES string of the molecule is COc1ccccc1Oc1ccc(N)c(OC(C)C)n1. The monoisotopic (exact) mass is 274 g/mol. The number of methoxy groups -OCH3 is 1. The Morgan fingerprint density at radius 2 is 1.75 bits per heavy atom. The molecule has 1 aromatic heterocycles. The molecular weight excluding hydrogens is 256 g/mol. The van der Waals surface area contributed by atoms with Crippen LogP contribution in [0.3, 0.4) is 0 Å². The lowest BCUT2D eigenvalue weighted by Gasteiger charge is -2.13. The lowest BCUT2D eigenvalue weighted by atomic mass is 10.3. The van der Waals surface area contributed by atoms with Crippen molar-refractivity contribution in [2.24, 2.45) is 0 Å². The second-order valence-corrected chi connectivity index (χ2v) is 4.46. The van der Waals surface area contributed by atoms with Crippen LogP contribution in [0.25, 0.3) is 0 Å². The van der Waals surface area contributed by atoms with E-state index in [9.17, 15) is 0 Å². The van der Waals surface area contributed by atoms with Crippen molar-refractivity contribution in [3.05, 3.63) is 36.4 Å². The lowest BCUT2D eigenvalue weighted by molar-refractivity contribution is 0.232. The Labute approximate surface area is 118 Å². The van der Waals surface area contributed by atoms with E-state index in [1.54, 1.807) is 25.3 Å². The molecule has 5 nitrogen and oxygen atoms in total. The van der Waals surface area contributed by atoms with Crippen LogP contribution in [-0.4, -0.2) is 18.2 Å². The Morgan fingerprint density at radius 1 is 1.05 bits per heavy atom. The van der Waals surface area contributed by atoms with Gasteiger partial charge in [0.05, 0.1) is 18.9 Å². The van der Waals surface area contributed by atoms with Crippen molar-refractivity contribution in [1.29, 1.82) is 0 Å². The zero-order chi connectivity index (χ0) is 14.5. The number of nitrogens with zero attached hydrogens (tertiary/aromatic N) is 1. The van der Waals surface area contributed by atoms with Gasteiger partial charge in [-0.1, -0.05) is 12.1 Å². The summed E-state index contributed by atoms with van der Waals surface area (Å²) in [4.78, 5) is 4.26. The van der Waals surface area contributed by atoms with Crippen LogP contribution in [0.15, 0.2) is 36.4 Å². The Balaban J connectivity index is 2.25. The number of benzene rings is 1. The molecule has 0 aliphatic rings. The fraction of sp³-hybridized carbons (Fsp3) is 0.267. The molecule has 0 bridgehead atoms. The van der Waals surface area contributed by atoms with Crippen LogP contribution in [-0.2, 0) is 0 Å². The molecule has 2 N–H and O–H groups in total. The van der Waals surface area contributed by atoms with E-state index in [0.29, 0.717) is 28.9 Å². The maximum Gasteiger partial charge on any atom is 0.240 e. The molecule has 106 valence electrons. The van der Waals surface area contributed by atoms with Gasteiger partial charge in [0.25, 0.3) is 0 Å². The van der Waals surface area contributed by atoms with Crippen molar-refractivity contribution >= 4 is 5.69 Å². The Bertz CT molecular complexity index is 585. The molecule has 5 heteroatoms. The number of hydrogen-bond acceptors (Lipinski definition) is 5. The van der Waals surface area contributed by atoms with Crippen molar-refractivity contribution in [3.63, 3.8) is 0 Å². The first-order chi connectivity index (χ1) is 9.60. The third-order valence-electron chi connectivity index (χ3n) is 2.50. The van der Waals surface area contributed by atoms with Crippen LogP contribution in [0.2, 0.25) is 0 Å². The van der Waals surface area contributed by atoms with Crippen molar-refractivity contribution in [1.82, 2.24) is 4.98 Å². The first-order valence-corrected chi connectivity index (χ1v) is 6.34. The van der Waals surface area contributed by atoms with Gasteiger partial charge < -0.3 is 19.9 Å². The maximum absolute atomic E-state index is 5.82. The quantitative estimate of drug-likeness (QED) is 0.906. The average Bonchev–Trinajstić information content (AvgIpc) is 2.42. The van der Waals surface area contributed by atoms with Gasteiger partial charge in [-0.15, -0.1) is 0 Å². The van der Waals surface area contributed by atoms with E-state index < -0.39 is 0 Å². The van der Waals surface area contributed by atoms with Crippen LogP contribution < -0.4 is 19.9 Å². The fourth-order valence-electron chi connectivity index (χ4n) is 1.62. The molecule has 0 saturated carbocycles. The van der Waals surface area contributed by atoms with E-state index in [4.69, 9.17) is 19.9 Å². The molecule has 0 saturated heterocycles. The van der Waals surface area contributed by atoms with E-state index in [0.717, 1.165) is 0 Å². The molecule has 0 aliphatic carbocycles. The van der Waals surface area contributed by atoms with E-state index in [2.05, 4.69) is 4.98 Å². The first-order valence-electron chi connectivity index (χ1n) is 6.34. The number of rotatable bonds is 5. The van der Waals surface area contributed by atoms with Crippen molar-refractivity contribution in [2.45, 2.75) is 20.0 Å². The number of pyridine rings is 1. The highest BCUT2D eigenvalue weighted by atomic mass is 16.5. The molecule has 20 heavy (non-hydrogen) atoms. The molecule has 0 radical (unpaired) electrons. The number of ether oxygens (including phenoxy) is 3. The summed E-state index contributed by atoms with van der Waals surface area (Å²) in [5.41, 5.74) is 6.30. The van der Waals surface area contributed by atoms with E-state index in [-0.39, 0.29) is 6.10 Å². The van der Waals surface area contributed by atoms with Gasteiger partial charge in [-0.3, -0.25) is 0 Å². The second-order valence-electron chi connectivity index (χ2n) is 4.46. The molecule has 0 unspecified atom stereocenters. The van der Waals surface area contributed by atoms with Gasteiger partial charge in [0, 0.05) is 6.07 Å². The fourth-order valence-corrected chi connectivity index (χ4v) is 1.62. The number of nitrogen functional groups attached to an aromatic ring is 1. The molecule has 0 atom stereocenters. The minimum atomic E-state index is -0.00805. The van der Waals surface area contributed by atoms with E-state index in [1.165, 1.54) is 0 Å². The molecule has 0 spiro atoms. The highest BCUT2D eigenvalue weighted by molar-refractivity contribution is 5.50. The zero-order valence-corrected chi connectivity index (χ0v) is 11.8. The topological polar surface area (TPSA) is 66.6 Å². The maximum atomic E-state index is 5.82. The van der Waals surface area contributed by atoms with Gasteiger partial charge in [-0.05, 0) is 32.0 Å². The highest BCUT2D eigenvalue weighted by Gasteiger charge is 2.10. The molecule has 0 fully saturated rings. The van der Waals surface area contributed by atoms with Gasteiger partial charge in [-0.25, -0.2) is 0 Å². The first kappa shape index (κ1) is 14.0. The molecular formula is C15H18N2O3. The summed E-state index contributed by atoms with van der Waals surface area (Å²) in [5.74, 6) is 1.99. The molecule has 1 heterocycles. The van der Waals surface area contributed by atoms with Crippen LogP contribution >= 0.6 is 0 Å². The number of hydrogen-bond donors (Lipinski definition) is 1. The second kappa shape index (κ2) is 6.14. The van der Waals surface area contributed by atoms with Gasteiger partial charge in [-0.2, -0.15) is 4.98 Å². The summed E-state index contributed by atoms with van der Waals surface area (Å²) in [6.45, 7) is 3.82. The summed E-state index contributed by atoms with van der Waals surface area (Å²) in [6, 6.07) is 10.7. The summed E-state index contributed by atoms with van der Waals surface area (Å²) < 4.78 is 16.5. The molecule has 1 aromatic carbocycles. The smallest absolute Gasteiger partial charge is 0.240 e. The number of aromatic nitrogens is 1. The van der Waals surface area contributed by atoms with Crippen LogP contribution in [0.5, 0.6) is 23.3 Å². The van der Waals surface area contributed by atoms with E-state index >= 15 is 0 Å². The predicted octanol–water partition coefficient (Wildman–Crippen LogP) is 3.25. The number of nitrogens with two attached hydrogens (primary N) is 1. The normalized spacial score (nSPS) is 10.4. The largest absolute Gasteiger partial charge is 0.493 e. The molecule has 0 aliphatic heterocycles. The minimum absolute atomic E-state index is 0.00805. The standard InChI is InChI=1S/C15H18N2O3/c1-10(2)19-15-11(16)8-9-14(17-15)20-13-7-5-4-6-12(13)18-3/h4-10H,16H2,1-3H3. The van der Waals surface area contributed by atoms with Crippen LogP contribution in [0.4, 0.5) is 5.69 Å².